The van der Waals surface area contributed by atoms with Crippen molar-refractivity contribution >= 4 is 23.5 Å². The van der Waals surface area contributed by atoms with E-state index in [9.17, 15) is 9.59 Å². The molecule has 0 atom stereocenters. The third kappa shape index (κ3) is 6.40. The van der Waals surface area contributed by atoms with Gasteiger partial charge in [0.1, 0.15) is 0 Å². The summed E-state index contributed by atoms with van der Waals surface area (Å²) in [5.41, 5.74) is 1.98. The Hall–Kier alpha value is -2.37. The normalized spacial score (nSPS) is 10.5. The molecule has 126 valence electrons. The Morgan fingerprint density at radius 1 is 1.04 bits per heavy atom. The lowest BCUT2D eigenvalue weighted by molar-refractivity contribution is -0.120. The van der Waals surface area contributed by atoms with Crippen molar-refractivity contribution in [3.8, 4) is 0 Å². The molecule has 0 bridgehead atoms. The Morgan fingerprint density at radius 2 is 1.75 bits per heavy atom. The monoisotopic (exact) mass is 345 g/mol. The highest BCUT2D eigenvalue weighted by Crippen LogP contribution is 2.11. The first-order valence-electron chi connectivity index (χ1n) is 7.57. The summed E-state index contributed by atoms with van der Waals surface area (Å²) in [4.78, 5) is 25.4. The fourth-order valence-corrected chi connectivity index (χ4v) is 2.45. The van der Waals surface area contributed by atoms with Gasteiger partial charge in [0.15, 0.2) is 0 Å². The van der Waals surface area contributed by atoms with E-state index >= 15 is 0 Å². The number of nitrogens with zero attached hydrogens (tertiary/aromatic N) is 1. The molecule has 5 nitrogen and oxygen atoms in total. The molecular formula is C18H20ClN3O2. The largest absolute Gasteiger partial charge is 0.334 e. The van der Waals surface area contributed by atoms with E-state index in [2.05, 4.69) is 10.6 Å². The zero-order chi connectivity index (χ0) is 17.4. The minimum absolute atomic E-state index is 0.116. The topological polar surface area (TPSA) is 61.4 Å². The Bertz CT molecular complexity index is 692. The summed E-state index contributed by atoms with van der Waals surface area (Å²) in [5.74, 6) is -0.356. The second kappa shape index (κ2) is 9.05. The second-order valence-corrected chi connectivity index (χ2v) is 5.96. The number of carbonyl (C=O) groups excluding carboxylic acids is 2. The Morgan fingerprint density at radius 3 is 2.46 bits per heavy atom. The summed E-state index contributed by atoms with van der Waals surface area (Å²) < 4.78 is 0. The third-order valence-corrected chi connectivity index (χ3v) is 3.54. The lowest BCUT2D eigenvalue weighted by Gasteiger charge is -2.16. The van der Waals surface area contributed by atoms with Gasteiger partial charge in [-0.05, 0) is 30.3 Å². The van der Waals surface area contributed by atoms with Crippen LogP contribution in [0.3, 0.4) is 0 Å². The Labute approximate surface area is 146 Å². The highest BCUT2D eigenvalue weighted by Gasteiger charge is 2.10. The number of halogens is 1. The van der Waals surface area contributed by atoms with Crippen molar-refractivity contribution in [3.05, 3.63) is 70.7 Å². The van der Waals surface area contributed by atoms with Crippen molar-refractivity contribution in [1.29, 1.82) is 0 Å². The average Bonchev–Trinajstić information content (AvgIpc) is 2.53. The second-order valence-electron chi connectivity index (χ2n) is 5.52. The van der Waals surface area contributed by atoms with Gasteiger partial charge in [-0.15, -0.1) is 0 Å². The fourth-order valence-electron chi connectivity index (χ4n) is 2.24. The number of benzene rings is 2. The van der Waals surface area contributed by atoms with Crippen molar-refractivity contribution in [1.82, 2.24) is 15.5 Å². The molecule has 3 amide bonds. The van der Waals surface area contributed by atoms with Crippen molar-refractivity contribution in [2.75, 3.05) is 13.6 Å². The molecule has 24 heavy (non-hydrogen) atoms. The van der Waals surface area contributed by atoms with Crippen LogP contribution in [-0.4, -0.2) is 30.4 Å². The zero-order valence-electron chi connectivity index (χ0n) is 13.5. The number of rotatable bonds is 6. The molecule has 0 saturated carbocycles. The number of imide groups is 1. The summed E-state index contributed by atoms with van der Waals surface area (Å²) in [7, 11) is 1.81. The molecule has 2 aromatic carbocycles. The molecule has 0 heterocycles. The molecule has 0 unspecified atom stereocenters. The van der Waals surface area contributed by atoms with Crippen LogP contribution in [0.1, 0.15) is 11.1 Å². The summed E-state index contributed by atoms with van der Waals surface area (Å²) in [6.07, 6.45) is 0. The maximum atomic E-state index is 11.9. The van der Waals surface area contributed by atoms with E-state index in [1.807, 2.05) is 60.5 Å². The smallest absolute Gasteiger partial charge is 0.321 e. The summed E-state index contributed by atoms with van der Waals surface area (Å²) >= 11 is 5.94. The van der Waals surface area contributed by atoms with Gasteiger partial charge in [0.2, 0.25) is 5.91 Å². The van der Waals surface area contributed by atoms with Gasteiger partial charge in [-0.1, -0.05) is 54.1 Å². The quantitative estimate of drug-likeness (QED) is 0.846. The molecular weight excluding hydrogens is 326 g/mol. The van der Waals surface area contributed by atoms with Crippen LogP contribution in [0.2, 0.25) is 5.02 Å². The zero-order valence-corrected chi connectivity index (χ0v) is 14.2. The SMILES string of the molecule is CN(CC(=O)NC(=O)NCc1ccccc1)Cc1cccc(Cl)c1. The molecule has 0 aliphatic rings. The number of nitrogens with one attached hydrogen (secondary N) is 2. The molecule has 0 radical (unpaired) electrons. The van der Waals surface area contributed by atoms with E-state index < -0.39 is 6.03 Å². The van der Waals surface area contributed by atoms with Gasteiger partial charge >= 0.3 is 6.03 Å². The van der Waals surface area contributed by atoms with Crippen LogP contribution in [0.15, 0.2) is 54.6 Å². The first-order valence-corrected chi connectivity index (χ1v) is 7.95. The molecule has 2 N–H and O–H groups in total. The van der Waals surface area contributed by atoms with Crippen LogP contribution in [0.4, 0.5) is 4.79 Å². The van der Waals surface area contributed by atoms with E-state index in [0.717, 1.165) is 11.1 Å². The molecule has 2 rings (SSSR count). The van der Waals surface area contributed by atoms with Gasteiger partial charge in [0.05, 0.1) is 6.54 Å². The average molecular weight is 346 g/mol. The molecule has 0 spiro atoms. The van der Waals surface area contributed by atoms with Crippen LogP contribution in [-0.2, 0) is 17.9 Å². The van der Waals surface area contributed by atoms with E-state index in [1.165, 1.54) is 0 Å². The third-order valence-electron chi connectivity index (χ3n) is 3.30. The maximum Gasteiger partial charge on any atom is 0.321 e. The van der Waals surface area contributed by atoms with E-state index in [-0.39, 0.29) is 12.5 Å². The van der Waals surface area contributed by atoms with Crippen molar-refractivity contribution in [2.24, 2.45) is 0 Å². The number of hydrogen-bond acceptors (Lipinski definition) is 3. The highest BCUT2D eigenvalue weighted by atomic mass is 35.5. The van der Waals surface area contributed by atoms with Gasteiger partial charge in [0, 0.05) is 18.1 Å². The number of carbonyl (C=O) groups is 2. The molecule has 0 aliphatic carbocycles. The van der Waals surface area contributed by atoms with Gasteiger partial charge in [-0.2, -0.15) is 0 Å². The van der Waals surface area contributed by atoms with Gasteiger partial charge in [-0.3, -0.25) is 15.0 Å². The van der Waals surface area contributed by atoms with E-state index in [0.29, 0.717) is 18.1 Å². The lowest BCUT2D eigenvalue weighted by atomic mass is 10.2. The van der Waals surface area contributed by atoms with E-state index in [1.54, 1.807) is 6.07 Å². The summed E-state index contributed by atoms with van der Waals surface area (Å²) in [6, 6.07) is 16.5. The fraction of sp³-hybridized carbons (Fsp3) is 0.222. The minimum Gasteiger partial charge on any atom is -0.334 e. The minimum atomic E-state index is -0.500. The van der Waals surface area contributed by atoms with Crippen LogP contribution >= 0.6 is 11.6 Å². The molecule has 2 aromatic rings. The first-order chi connectivity index (χ1) is 11.5. The number of hydrogen-bond donors (Lipinski definition) is 2. The first kappa shape index (κ1) is 18.0. The van der Waals surface area contributed by atoms with Crippen LogP contribution in [0.5, 0.6) is 0 Å². The molecule has 0 aliphatic heterocycles. The predicted octanol–water partition coefficient (Wildman–Crippen LogP) is 2.80. The standard InChI is InChI=1S/C18H20ClN3O2/c1-22(12-15-8-5-9-16(19)10-15)13-17(23)21-18(24)20-11-14-6-3-2-4-7-14/h2-10H,11-13H2,1H3,(H2,20,21,23,24). The molecule has 0 aromatic heterocycles. The molecule has 0 fully saturated rings. The summed E-state index contributed by atoms with van der Waals surface area (Å²) in [6.45, 7) is 1.06. The van der Waals surface area contributed by atoms with Gasteiger partial charge in [-0.25, -0.2) is 4.79 Å². The number of likely N-dealkylation sites (N-methyl/N-ethyl adjacent to an activating group) is 1. The molecule has 0 saturated heterocycles. The van der Waals surface area contributed by atoms with Crippen molar-refractivity contribution in [2.45, 2.75) is 13.1 Å². The van der Waals surface area contributed by atoms with E-state index in [4.69, 9.17) is 11.6 Å². The van der Waals surface area contributed by atoms with Crippen LogP contribution in [0, 0.1) is 0 Å². The lowest BCUT2D eigenvalue weighted by Crippen LogP contribution is -2.43. The highest BCUT2D eigenvalue weighted by molar-refractivity contribution is 6.30. The predicted molar refractivity (Wildman–Crippen MR) is 94.6 cm³/mol. The van der Waals surface area contributed by atoms with Crippen LogP contribution < -0.4 is 10.6 Å². The van der Waals surface area contributed by atoms with Gasteiger partial charge in [0.25, 0.3) is 0 Å². The Kier molecular flexibility index (Phi) is 6.78. The Balaban J connectivity index is 1.72. The number of amides is 3. The summed E-state index contributed by atoms with van der Waals surface area (Å²) in [5, 5.41) is 5.63. The van der Waals surface area contributed by atoms with Gasteiger partial charge < -0.3 is 5.32 Å². The molecule has 6 heteroatoms. The van der Waals surface area contributed by atoms with Crippen molar-refractivity contribution in [3.63, 3.8) is 0 Å². The van der Waals surface area contributed by atoms with Crippen molar-refractivity contribution < 1.29 is 9.59 Å². The van der Waals surface area contributed by atoms with Crippen LogP contribution in [0.25, 0.3) is 0 Å². The maximum absolute atomic E-state index is 11.9. The number of urea groups is 1.